The second-order valence-corrected chi connectivity index (χ2v) is 5.26. The van der Waals surface area contributed by atoms with Crippen LogP contribution in [-0.2, 0) is 0 Å². The Balaban J connectivity index is 2.09. The molecular weight excluding hydrogens is 288 g/mol. The number of aryl methyl sites for hydroxylation is 1. The predicted molar refractivity (Wildman–Crippen MR) is 93.0 cm³/mol. The molecule has 3 aromatic carbocycles. The minimum atomic E-state index is -0.347. The number of hydrogen-bond acceptors (Lipinski definition) is 3. The number of benzene rings is 3. The topological polar surface area (TPSA) is 55.2 Å². The highest BCUT2D eigenvalue weighted by Gasteiger charge is 2.16. The molecule has 0 spiro atoms. The highest BCUT2D eigenvalue weighted by Crippen LogP contribution is 2.36. The van der Waals surface area contributed by atoms with Crippen LogP contribution < -0.4 is 5.32 Å². The SMILES string of the molecule is Cc1ccccc1Nc1ccccc1-c1ccccc1[N+](=O)[O-]. The molecule has 1 N–H and O–H groups in total. The van der Waals surface area contributed by atoms with Crippen LogP contribution >= 0.6 is 0 Å². The van der Waals surface area contributed by atoms with Gasteiger partial charge in [-0.3, -0.25) is 10.1 Å². The molecule has 114 valence electrons. The van der Waals surface area contributed by atoms with Crippen molar-refractivity contribution in [2.24, 2.45) is 0 Å². The van der Waals surface area contributed by atoms with Gasteiger partial charge in [0.2, 0.25) is 0 Å². The zero-order valence-corrected chi connectivity index (χ0v) is 12.7. The molecule has 0 amide bonds. The second-order valence-electron chi connectivity index (χ2n) is 5.26. The molecule has 0 fully saturated rings. The van der Waals surface area contributed by atoms with Crippen molar-refractivity contribution in [1.29, 1.82) is 0 Å². The van der Waals surface area contributed by atoms with Gasteiger partial charge in [0.1, 0.15) is 0 Å². The van der Waals surface area contributed by atoms with E-state index in [1.165, 1.54) is 6.07 Å². The van der Waals surface area contributed by atoms with E-state index in [0.717, 1.165) is 22.5 Å². The largest absolute Gasteiger partial charge is 0.355 e. The molecule has 0 radical (unpaired) electrons. The molecule has 0 unspecified atom stereocenters. The minimum absolute atomic E-state index is 0.103. The van der Waals surface area contributed by atoms with E-state index in [-0.39, 0.29) is 10.6 Å². The van der Waals surface area contributed by atoms with E-state index in [1.807, 2.05) is 61.5 Å². The fraction of sp³-hybridized carbons (Fsp3) is 0.0526. The number of anilines is 2. The molecule has 0 saturated heterocycles. The summed E-state index contributed by atoms with van der Waals surface area (Å²) in [6, 6.07) is 22.4. The number of nitrogens with one attached hydrogen (secondary N) is 1. The van der Waals surface area contributed by atoms with E-state index < -0.39 is 0 Å². The van der Waals surface area contributed by atoms with Crippen LogP contribution in [0.25, 0.3) is 11.1 Å². The quantitative estimate of drug-likeness (QED) is 0.524. The van der Waals surface area contributed by atoms with Crippen LogP contribution in [0.5, 0.6) is 0 Å². The maximum atomic E-state index is 11.3. The standard InChI is InChI=1S/C19H16N2O2/c1-14-8-2-5-11-17(14)20-18-12-6-3-9-15(18)16-10-4-7-13-19(16)21(22)23/h2-13,20H,1H3. The summed E-state index contributed by atoms with van der Waals surface area (Å²) in [5, 5.41) is 14.7. The Bertz CT molecular complexity index is 859. The number of para-hydroxylation sites is 3. The Morgan fingerprint density at radius 3 is 2.04 bits per heavy atom. The maximum Gasteiger partial charge on any atom is 0.277 e. The minimum Gasteiger partial charge on any atom is -0.355 e. The van der Waals surface area contributed by atoms with Gasteiger partial charge in [0, 0.05) is 23.0 Å². The highest BCUT2D eigenvalue weighted by molar-refractivity contribution is 5.85. The molecule has 0 aliphatic carbocycles. The lowest BCUT2D eigenvalue weighted by Gasteiger charge is -2.14. The molecule has 4 heteroatoms. The predicted octanol–water partition coefficient (Wildman–Crippen LogP) is 5.31. The van der Waals surface area contributed by atoms with E-state index >= 15 is 0 Å². The van der Waals surface area contributed by atoms with Crippen molar-refractivity contribution < 1.29 is 4.92 Å². The van der Waals surface area contributed by atoms with Gasteiger partial charge in [-0.2, -0.15) is 0 Å². The third-order valence-electron chi connectivity index (χ3n) is 3.73. The molecule has 3 aromatic rings. The molecule has 0 aliphatic heterocycles. The molecule has 0 bridgehead atoms. The van der Waals surface area contributed by atoms with Gasteiger partial charge in [-0.1, -0.05) is 48.5 Å². The fourth-order valence-electron chi connectivity index (χ4n) is 2.55. The first kappa shape index (κ1) is 14.8. The summed E-state index contributed by atoms with van der Waals surface area (Å²) < 4.78 is 0. The van der Waals surface area contributed by atoms with Crippen LogP contribution in [0.1, 0.15) is 5.56 Å². The Labute approximate surface area is 134 Å². The lowest BCUT2D eigenvalue weighted by molar-refractivity contribution is -0.384. The summed E-state index contributed by atoms with van der Waals surface area (Å²) >= 11 is 0. The van der Waals surface area contributed by atoms with Crippen molar-refractivity contribution in [3.8, 4) is 11.1 Å². The molecule has 0 heterocycles. The molecule has 23 heavy (non-hydrogen) atoms. The first-order chi connectivity index (χ1) is 11.2. The van der Waals surface area contributed by atoms with E-state index in [9.17, 15) is 10.1 Å². The number of nitro benzene ring substituents is 1. The summed E-state index contributed by atoms with van der Waals surface area (Å²) in [6.45, 7) is 2.02. The van der Waals surface area contributed by atoms with E-state index in [1.54, 1.807) is 12.1 Å². The van der Waals surface area contributed by atoms with Crippen molar-refractivity contribution in [1.82, 2.24) is 0 Å². The van der Waals surface area contributed by atoms with Gasteiger partial charge < -0.3 is 5.32 Å². The first-order valence-corrected chi connectivity index (χ1v) is 7.32. The molecular formula is C19H16N2O2. The normalized spacial score (nSPS) is 10.3. The maximum absolute atomic E-state index is 11.3. The van der Waals surface area contributed by atoms with E-state index in [0.29, 0.717) is 5.56 Å². The first-order valence-electron chi connectivity index (χ1n) is 7.32. The zero-order valence-electron chi connectivity index (χ0n) is 12.7. The third kappa shape index (κ3) is 3.06. The molecule has 0 atom stereocenters. The van der Waals surface area contributed by atoms with Crippen molar-refractivity contribution in [2.45, 2.75) is 6.92 Å². The number of rotatable bonds is 4. The molecule has 0 aromatic heterocycles. The van der Waals surface area contributed by atoms with Gasteiger partial charge in [0.25, 0.3) is 5.69 Å². The van der Waals surface area contributed by atoms with Crippen molar-refractivity contribution in [3.05, 3.63) is 88.5 Å². The number of nitro groups is 1. The molecule has 0 aliphatic rings. The van der Waals surface area contributed by atoms with Gasteiger partial charge in [-0.25, -0.2) is 0 Å². The lowest BCUT2D eigenvalue weighted by atomic mass is 10.0. The van der Waals surface area contributed by atoms with Gasteiger partial charge >= 0.3 is 0 Å². The van der Waals surface area contributed by atoms with Crippen LogP contribution in [0.2, 0.25) is 0 Å². The van der Waals surface area contributed by atoms with Gasteiger partial charge in [-0.15, -0.1) is 0 Å². The molecule has 4 nitrogen and oxygen atoms in total. The van der Waals surface area contributed by atoms with Crippen LogP contribution in [0.15, 0.2) is 72.8 Å². The van der Waals surface area contributed by atoms with Crippen LogP contribution in [0.4, 0.5) is 17.1 Å². The van der Waals surface area contributed by atoms with Crippen molar-refractivity contribution in [2.75, 3.05) is 5.32 Å². The van der Waals surface area contributed by atoms with Crippen molar-refractivity contribution >= 4 is 17.1 Å². The molecule has 3 rings (SSSR count). The molecule has 0 saturated carbocycles. The average Bonchev–Trinajstić information content (AvgIpc) is 2.57. The Morgan fingerprint density at radius 1 is 0.783 bits per heavy atom. The van der Waals surface area contributed by atoms with Gasteiger partial charge in [0.15, 0.2) is 0 Å². The van der Waals surface area contributed by atoms with Gasteiger partial charge in [-0.05, 0) is 30.7 Å². The van der Waals surface area contributed by atoms with Crippen LogP contribution in [0.3, 0.4) is 0 Å². The number of hydrogen-bond donors (Lipinski definition) is 1. The lowest BCUT2D eigenvalue weighted by Crippen LogP contribution is -1.97. The third-order valence-corrected chi connectivity index (χ3v) is 3.73. The summed E-state index contributed by atoms with van der Waals surface area (Å²) in [5.74, 6) is 0. The zero-order chi connectivity index (χ0) is 16.2. The highest BCUT2D eigenvalue weighted by atomic mass is 16.6. The fourth-order valence-corrected chi connectivity index (χ4v) is 2.55. The summed E-state index contributed by atoms with van der Waals surface area (Å²) in [4.78, 5) is 11.0. The summed E-state index contributed by atoms with van der Waals surface area (Å²) in [7, 11) is 0. The van der Waals surface area contributed by atoms with E-state index in [2.05, 4.69) is 5.32 Å². The van der Waals surface area contributed by atoms with Gasteiger partial charge in [0.05, 0.1) is 10.5 Å². The average molecular weight is 304 g/mol. The summed E-state index contributed by atoms with van der Waals surface area (Å²) in [5.41, 5.74) is 4.46. The second kappa shape index (κ2) is 6.32. The Morgan fingerprint density at radius 2 is 1.35 bits per heavy atom. The number of nitrogens with zero attached hydrogens (tertiary/aromatic N) is 1. The summed E-state index contributed by atoms with van der Waals surface area (Å²) in [6.07, 6.45) is 0. The Kier molecular flexibility index (Phi) is 4.06. The smallest absolute Gasteiger partial charge is 0.277 e. The van der Waals surface area contributed by atoms with Crippen LogP contribution in [0, 0.1) is 17.0 Å². The van der Waals surface area contributed by atoms with Crippen molar-refractivity contribution in [3.63, 3.8) is 0 Å². The van der Waals surface area contributed by atoms with E-state index in [4.69, 9.17) is 0 Å². The monoisotopic (exact) mass is 304 g/mol. The Hall–Kier alpha value is -3.14. The van der Waals surface area contributed by atoms with Crippen LogP contribution in [-0.4, -0.2) is 4.92 Å².